The van der Waals surface area contributed by atoms with E-state index in [4.69, 9.17) is 0 Å². The van der Waals surface area contributed by atoms with Crippen LogP contribution in [0.3, 0.4) is 0 Å². The minimum atomic E-state index is 0.694. The van der Waals surface area contributed by atoms with Crippen LogP contribution in [0.5, 0.6) is 0 Å². The van der Waals surface area contributed by atoms with E-state index in [-0.39, 0.29) is 0 Å². The normalized spacial score (nSPS) is 22.0. The third-order valence-electron chi connectivity index (χ3n) is 5.17. The first-order valence-corrected chi connectivity index (χ1v) is 10.7. The fourth-order valence-electron chi connectivity index (χ4n) is 3.62. The molecule has 3 rings (SSSR count). The molecular weight excluding hydrogens is 332 g/mol. The monoisotopic (exact) mass is 364 g/mol. The number of guanidine groups is 1. The van der Waals surface area contributed by atoms with E-state index >= 15 is 0 Å². The van der Waals surface area contributed by atoms with Crippen molar-refractivity contribution in [2.24, 2.45) is 10.9 Å². The highest BCUT2D eigenvalue weighted by atomic mass is 32.2. The molecule has 1 unspecified atom stereocenters. The molecule has 0 bridgehead atoms. The van der Waals surface area contributed by atoms with Crippen LogP contribution in [0.15, 0.2) is 4.99 Å². The number of hydrogen-bond acceptors (Lipinski definition) is 4. The van der Waals surface area contributed by atoms with E-state index in [0.29, 0.717) is 11.2 Å². The second-order valence-corrected chi connectivity index (χ2v) is 8.67. The van der Waals surface area contributed by atoms with E-state index in [1.165, 1.54) is 30.8 Å². The number of aryl methyl sites for hydroxylation is 1. The molecule has 1 N–H and O–H groups in total. The van der Waals surface area contributed by atoms with Crippen molar-refractivity contribution in [2.45, 2.75) is 57.7 Å². The molecule has 7 heteroatoms. The first kappa shape index (κ1) is 18.5. The number of aromatic nitrogens is 3. The molecule has 0 aromatic carbocycles. The average molecular weight is 365 g/mol. The highest BCUT2D eigenvalue weighted by Gasteiger charge is 2.24. The molecule has 0 radical (unpaired) electrons. The van der Waals surface area contributed by atoms with Gasteiger partial charge in [0.2, 0.25) is 0 Å². The molecule has 0 amide bonds. The number of fused-ring (bicyclic) bond motifs is 1. The largest absolute Gasteiger partial charge is 0.356 e. The topological polar surface area (TPSA) is 58.3 Å². The number of hydrogen-bond donors (Lipinski definition) is 1. The summed E-state index contributed by atoms with van der Waals surface area (Å²) in [5.41, 5.74) is 0. The zero-order chi connectivity index (χ0) is 17.6. The SMILES string of the molecule is CN=C(NCCc1nnc2n1CCCCC2)N1CCSC(C(C)C)C1. The Labute approximate surface area is 155 Å². The zero-order valence-corrected chi connectivity index (χ0v) is 16.7. The lowest BCUT2D eigenvalue weighted by atomic mass is 10.1. The second kappa shape index (κ2) is 8.92. The molecule has 0 spiro atoms. The number of nitrogens with one attached hydrogen (secondary N) is 1. The summed E-state index contributed by atoms with van der Waals surface area (Å²) in [7, 11) is 1.89. The molecule has 1 aromatic rings. The summed E-state index contributed by atoms with van der Waals surface area (Å²) >= 11 is 2.10. The van der Waals surface area contributed by atoms with Gasteiger partial charge >= 0.3 is 0 Å². The average Bonchev–Trinajstić information content (AvgIpc) is 2.85. The van der Waals surface area contributed by atoms with E-state index in [1.807, 2.05) is 7.05 Å². The van der Waals surface area contributed by atoms with Gasteiger partial charge in [0.25, 0.3) is 0 Å². The third kappa shape index (κ3) is 4.68. The Bertz CT molecular complexity index is 582. The molecule has 0 aliphatic carbocycles. The summed E-state index contributed by atoms with van der Waals surface area (Å²) in [6.07, 6.45) is 5.77. The summed E-state index contributed by atoms with van der Waals surface area (Å²) < 4.78 is 2.34. The van der Waals surface area contributed by atoms with Crippen LogP contribution >= 0.6 is 11.8 Å². The van der Waals surface area contributed by atoms with Gasteiger partial charge in [0.1, 0.15) is 11.6 Å². The Kier molecular flexibility index (Phi) is 6.62. The van der Waals surface area contributed by atoms with Crippen LogP contribution in [0.2, 0.25) is 0 Å². The molecule has 1 saturated heterocycles. The van der Waals surface area contributed by atoms with E-state index in [0.717, 1.165) is 50.8 Å². The van der Waals surface area contributed by atoms with Crippen molar-refractivity contribution < 1.29 is 0 Å². The Morgan fingerprint density at radius 2 is 2.16 bits per heavy atom. The highest BCUT2D eigenvalue weighted by Crippen LogP contribution is 2.24. The van der Waals surface area contributed by atoms with Crippen LogP contribution in [-0.2, 0) is 19.4 Å². The van der Waals surface area contributed by atoms with E-state index in [9.17, 15) is 0 Å². The van der Waals surface area contributed by atoms with Gasteiger partial charge in [0.05, 0.1) is 0 Å². The maximum atomic E-state index is 4.51. The first-order valence-electron chi connectivity index (χ1n) is 9.67. The van der Waals surface area contributed by atoms with Crippen LogP contribution in [0.4, 0.5) is 0 Å². The Balaban J connectivity index is 1.53. The molecule has 0 saturated carbocycles. The lowest BCUT2D eigenvalue weighted by molar-refractivity contribution is 0.381. The molecule has 3 heterocycles. The second-order valence-electron chi connectivity index (χ2n) is 7.32. The minimum Gasteiger partial charge on any atom is -0.356 e. The lowest BCUT2D eigenvalue weighted by Crippen LogP contribution is -2.49. The van der Waals surface area contributed by atoms with Gasteiger partial charge < -0.3 is 14.8 Å². The van der Waals surface area contributed by atoms with Gasteiger partial charge in [-0.3, -0.25) is 4.99 Å². The van der Waals surface area contributed by atoms with Crippen LogP contribution in [-0.4, -0.2) is 63.3 Å². The van der Waals surface area contributed by atoms with Gasteiger partial charge in [-0.1, -0.05) is 20.3 Å². The molecule has 2 aliphatic heterocycles. The summed E-state index contributed by atoms with van der Waals surface area (Å²) in [6.45, 7) is 8.73. The molecule has 1 fully saturated rings. The van der Waals surface area contributed by atoms with E-state index in [1.54, 1.807) is 0 Å². The Morgan fingerprint density at radius 1 is 1.28 bits per heavy atom. The smallest absolute Gasteiger partial charge is 0.193 e. The van der Waals surface area contributed by atoms with Crippen molar-refractivity contribution in [3.63, 3.8) is 0 Å². The van der Waals surface area contributed by atoms with Gasteiger partial charge in [0.15, 0.2) is 5.96 Å². The molecule has 1 atom stereocenters. The van der Waals surface area contributed by atoms with Crippen molar-refractivity contribution in [3.05, 3.63) is 11.6 Å². The summed E-state index contributed by atoms with van der Waals surface area (Å²) in [5, 5.41) is 13.1. The van der Waals surface area contributed by atoms with Crippen molar-refractivity contribution in [1.82, 2.24) is 25.0 Å². The Hall–Kier alpha value is -1.24. The van der Waals surface area contributed by atoms with Gasteiger partial charge in [-0.2, -0.15) is 11.8 Å². The van der Waals surface area contributed by atoms with Crippen molar-refractivity contribution in [1.29, 1.82) is 0 Å². The maximum absolute atomic E-state index is 4.51. The lowest BCUT2D eigenvalue weighted by Gasteiger charge is -2.36. The van der Waals surface area contributed by atoms with Crippen LogP contribution in [0, 0.1) is 5.92 Å². The molecule has 1 aromatic heterocycles. The number of thioether (sulfide) groups is 1. The summed E-state index contributed by atoms with van der Waals surface area (Å²) in [6, 6.07) is 0. The zero-order valence-electron chi connectivity index (χ0n) is 15.9. The van der Waals surface area contributed by atoms with Gasteiger partial charge in [-0.25, -0.2) is 0 Å². The predicted octanol–water partition coefficient (Wildman–Crippen LogP) is 2.20. The minimum absolute atomic E-state index is 0.694. The molecule has 140 valence electrons. The van der Waals surface area contributed by atoms with Gasteiger partial charge in [0, 0.05) is 57.1 Å². The number of nitrogens with zero attached hydrogens (tertiary/aromatic N) is 5. The van der Waals surface area contributed by atoms with Crippen LogP contribution < -0.4 is 5.32 Å². The fourth-order valence-corrected chi connectivity index (χ4v) is 4.92. The quantitative estimate of drug-likeness (QED) is 0.656. The van der Waals surface area contributed by atoms with Crippen molar-refractivity contribution in [2.75, 3.05) is 32.4 Å². The molecular formula is C18H32N6S. The molecule has 2 aliphatic rings. The molecule has 25 heavy (non-hydrogen) atoms. The number of rotatable bonds is 4. The summed E-state index contributed by atoms with van der Waals surface area (Å²) in [4.78, 5) is 6.91. The van der Waals surface area contributed by atoms with Crippen molar-refractivity contribution >= 4 is 17.7 Å². The summed E-state index contributed by atoms with van der Waals surface area (Å²) in [5.74, 6) is 5.21. The Morgan fingerprint density at radius 3 is 2.96 bits per heavy atom. The number of aliphatic imine (C=N–C) groups is 1. The maximum Gasteiger partial charge on any atom is 0.193 e. The van der Waals surface area contributed by atoms with Crippen LogP contribution in [0.25, 0.3) is 0 Å². The first-order chi connectivity index (χ1) is 12.2. The standard InChI is InChI=1S/C18H32N6S/c1-14(2)15-13-23(11-12-25-15)18(19-3)20-9-8-17-22-21-16-7-5-4-6-10-24(16)17/h14-15H,4-13H2,1-3H3,(H,19,20). The third-order valence-corrected chi connectivity index (χ3v) is 6.71. The highest BCUT2D eigenvalue weighted by molar-refractivity contribution is 8.00. The van der Waals surface area contributed by atoms with Gasteiger partial charge in [-0.15, -0.1) is 10.2 Å². The predicted molar refractivity (Wildman–Crippen MR) is 105 cm³/mol. The van der Waals surface area contributed by atoms with E-state index < -0.39 is 0 Å². The van der Waals surface area contributed by atoms with Gasteiger partial charge in [-0.05, 0) is 18.8 Å². The molecule has 6 nitrogen and oxygen atoms in total. The van der Waals surface area contributed by atoms with E-state index in [2.05, 4.69) is 55.6 Å². The van der Waals surface area contributed by atoms with Crippen molar-refractivity contribution in [3.8, 4) is 0 Å². The fraction of sp³-hybridized carbons (Fsp3) is 0.833. The van der Waals surface area contributed by atoms with Crippen LogP contribution in [0.1, 0.15) is 44.8 Å².